The van der Waals surface area contributed by atoms with E-state index in [1.165, 1.54) is 4.31 Å². The SMILES string of the molecule is CC(C)CCNC(=O)C1CCN(S(=O)(=O)c2ccc3c(ccn3C)c2)CC1. The van der Waals surface area contributed by atoms with Gasteiger partial charge in [-0.2, -0.15) is 4.31 Å². The monoisotopic (exact) mass is 391 g/mol. The van der Waals surface area contributed by atoms with Crippen molar-refractivity contribution in [2.24, 2.45) is 18.9 Å². The maximum atomic E-state index is 13.0. The molecular weight excluding hydrogens is 362 g/mol. The first-order valence-electron chi connectivity index (χ1n) is 9.62. The highest BCUT2D eigenvalue weighted by molar-refractivity contribution is 7.89. The van der Waals surface area contributed by atoms with E-state index in [9.17, 15) is 13.2 Å². The quantitative estimate of drug-likeness (QED) is 0.823. The van der Waals surface area contributed by atoms with Crippen LogP contribution in [-0.2, 0) is 21.9 Å². The van der Waals surface area contributed by atoms with Crippen molar-refractivity contribution in [2.75, 3.05) is 19.6 Å². The van der Waals surface area contributed by atoms with Gasteiger partial charge in [-0.3, -0.25) is 4.79 Å². The first kappa shape index (κ1) is 19.9. The third kappa shape index (κ3) is 4.35. The molecule has 1 amide bonds. The van der Waals surface area contributed by atoms with Crippen molar-refractivity contribution in [1.82, 2.24) is 14.2 Å². The van der Waals surface area contributed by atoms with E-state index in [2.05, 4.69) is 19.2 Å². The van der Waals surface area contributed by atoms with Gasteiger partial charge in [0.05, 0.1) is 4.90 Å². The van der Waals surface area contributed by atoms with Gasteiger partial charge in [0.25, 0.3) is 0 Å². The van der Waals surface area contributed by atoms with E-state index < -0.39 is 10.0 Å². The summed E-state index contributed by atoms with van der Waals surface area (Å²) in [5, 5.41) is 3.90. The van der Waals surface area contributed by atoms with Gasteiger partial charge < -0.3 is 9.88 Å². The molecule has 148 valence electrons. The number of nitrogens with zero attached hydrogens (tertiary/aromatic N) is 2. The summed E-state index contributed by atoms with van der Waals surface area (Å²) >= 11 is 0. The molecule has 1 aliphatic heterocycles. The molecule has 6 nitrogen and oxygen atoms in total. The number of sulfonamides is 1. The molecule has 0 bridgehead atoms. The van der Waals surface area contributed by atoms with E-state index >= 15 is 0 Å². The van der Waals surface area contributed by atoms with E-state index in [4.69, 9.17) is 0 Å². The number of nitrogens with one attached hydrogen (secondary N) is 1. The Balaban J connectivity index is 1.63. The summed E-state index contributed by atoms with van der Waals surface area (Å²) in [5.74, 6) is 0.512. The van der Waals surface area contributed by atoms with Crippen LogP contribution in [0.25, 0.3) is 10.9 Å². The van der Waals surface area contributed by atoms with Crippen LogP contribution in [0.5, 0.6) is 0 Å². The highest BCUT2D eigenvalue weighted by atomic mass is 32.2. The average molecular weight is 392 g/mol. The molecule has 1 fully saturated rings. The average Bonchev–Trinajstić information content (AvgIpc) is 3.02. The summed E-state index contributed by atoms with van der Waals surface area (Å²) < 4.78 is 29.4. The number of fused-ring (bicyclic) bond motifs is 1. The highest BCUT2D eigenvalue weighted by Crippen LogP contribution is 2.26. The van der Waals surface area contributed by atoms with Gasteiger partial charge in [0.15, 0.2) is 0 Å². The molecule has 2 aromatic rings. The molecule has 0 spiro atoms. The molecule has 0 saturated carbocycles. The second-order valence-electron chi connectivity index (χ2n) is 7.80. The van der Waals surface area contributed by atoms with Crippen molar-refractivity contribution in [1.29, 1.82) is 0 Å². The van der Waals surface area contributed by atoms with E-state index in [0.717, 1.165) is 17.3 Å². The fourth-order valence-electron chi connectivity index (χ4n) is 3.56. The minimum absolute atomic E-state index is 0.0541. The smallest absolute Gasteiger partial charge is 0.243 e. The van der Waals surface area contributed by atoms with Crippen molar-refractivity contribution in [3.05, 3.63) is 30.5 Å². The molecule has 1 aromatic heterocycles. The first-order chi connectivity index (χ1) is 12.8. The minimum atomic E-state index is -3.53. The van der Waals surface area contributed by atoms with E-state index in [1.54, 1.807) is 12.1 Å². The number of hydrogen-bond acceptors (Lipinski definition) is 3. The Morgan fingerprint density at radius 1 is 1.22 bits per heavy atom. The van der Waals surface area contributed by atoms with Crippen molar-refractivity contribution in [3.63, 3.8) is 0 Å². The Labute approximate surface area is 161 Å². The Morgan fingerprint density at radius 2 is 1.93 bits per heavy atom. The molecule has 0 atom stereocenters. The molecule has 0 unspecified atom stereocenters. The molecule has 1 aliphatic rings. The van der Waals surface area contributed by atoms with Gasteiger partial charge in [-0.05, 0) is 49.4 Å². The number of hydrogen-bond donors (Lipinski definition) is 1. The zero-order valence-electron chi connectivity index (χ0n) is 16.3. The van der Waals surface area contributed by atoms with Crippen LogP contribution in [0.3, 0.4) is 0 Å². The third-order valence-electron chi connectivity index (χ3n) is 5.34. The predicted octanol–water partition coefficient (Wildman–Crippen LogP) is 2.74. The fourth-order valence-corrected chi connectivity index (χ4v) is 5.06. The fraction of sp³-hybridized carbons (Fsp3) is 0.550. The Morgan fingerprint density at radius 3 is 2.59 bits per heavy atom. The zero-order chi connectivity index (χ0) is 19.6. The normalized spacial score (nSPS) is 16.9. The second-order valence-corrected chi connectivity index (χ2v) is 9.74. The summed E-state index contributed by atoms with van der Waals surface area (Å²) in [6, 6.07) is 7.16. The Hall–Kier alpha value is -1.86. The minimum Gasteiger partial charge on any atom is -0.356 e. The highest BCUT2D eigenvalue weighted by Gasteiger charge is 2.32. The zero-order valence-corrected chi connectivity index (χ0v) is 17.1. The number of amides is 1. The Kier molecular flexibility index (Phi) is 5.91. The molecule has 2 heterocycles. The molecule has 7 heteroatoms. The van der Waals surface area contributed by atoms with Crippen LogP contribution in [0.1, 0.15) is 33.1 Å². The van der Waals surface area contributed by atoms with Gasteiger partial charge in [-0.25, -0.2) is 8.42 Å². The number of aryl methyl sites for hydroxylation is 1. The number of rotatable bonds is 6. The van der Waals surface area contributed by atoms with Gasteiger partial charge in [0.2, 0.25) is 15.9 Å². The molecule has 1 N–H and O–H groups in total. The van der Waals surface area contributed by atoms with E-state index in [0.29, 0.717) is 43.3 Å². The van der Waals surface area contributed by atoms with Crippen LogP contribution in [0, 0.1) is 11.8 Å². The van der Waals surface area contributed by atoms with Crippen molar-refractivity contribution < 1.29 is 13.2 Å². The van der Waals surface area contributed by atoms with Crippen LogP contribution < -0.4 is 5.32 Å². The molecule has 3 rings (SSSR count). The number of carbonyl (C=O) groups excluding carboxylic acids is 1. The lowest BCUT2D eigenvalue weighted by Gasteiger charge is -2.30. The molecule has 1 aromatic carbocycles. The Bertz CT molecular complexity index is 910. The van der Waals surface area contributed by atoms with Crippen molar-refractivity contribution in [3.8, 4) is 0 Å². The summed E-state index contributed by atoms with van der Waals surface area (Å²) in [6.45, 7) is 5.71. The van der Waals surface area contributed by atoms with Crippen LogP contribution in [-0.4, -0.2) is 42.8 Å². The van der Waals surface area contributed by atoms with E-state index in [-0.39, 0.29) is 11.8 Å². The van der Waals surface area contributed by atoms with Gasteiger partial charge in [0, 0.05) is 49.7 Å². The number of piperidine rings is 1. The van der Waals surface area contributed by atoms with Gasteiger partial charge in [-0.1, -0.05) is 13.8 Å². The van der Waals surface area contributed by atoms with Crippen molar-refractivity contribution in [2.45, 2.75) is 38.0 Å². The van der Waals surface area contributed by atoms with Gasteiger partial charge in [0.1, 0.15) is 0 Å². The molecular formula is C20H29N3O3S. The summed E-state index contributed by atoms with van der Waals surface area (Å²) in [6.07, 6.45) is 4.02. The van der Waals surface area contributed by atoms with Gasteiger partial charge >= 0.3 is 0 Å². The van der Waals surface area contributed by atoms with Crippen LogP contribution in [0.4, 0.5) is 0 Å². The van der Waals surface area contributed by atoms with Crippen LogP contribution in [0.2, 0.25) is 0 Å². The maximum Gasteiger partial charge on any atom is 0.243 e. The summed E-state index contributed by atoms with van der Waals surface area (Å²) in [7, 11) is -1.59. The molecule has 1 saturated heterocycles. The second kappa shape index (κ2) is 8.02. The third-order valence-corrected chi connectivity index (χ3v) is 7.23. The van der Waals surface area contributed by atoms with Crippen LogP contribution >= 0.6 is 0 Å². The lowest BCUT2D eigenvalue weighted by Crippen LogP contribution is -2.43. The van der Waals surface area contributed by atoms with Gasteiger partial charge in [-0.15, -0.1) is 0 Å². The molecule has 0 aliphatic carbocycles. The number of carbonyl (C=O) groups is 1. The number of benzene rings is 1. The largest absolute Gasteiger partial charge is 0.356 e. The summed E-state index contributed by atoms with van der Waals surface area (Å²) in [5.41, 5.74) is 1.01. The number of aromatic nitrogens is 1. The summed E-state index contributed by atoms with van der Waals surface area (Å²) in [4.78, 5) is 12.6. The topological polar surface area (TPSA) is 71.4 Å². The van der Waals surface area contributed by atoms with E-state index in [1.807, 2.05) is 29.9 Å². The maximum absolute atomic E-state index is 13.0. The van der Waals surface area contributed by atoms with Crippen molar-refractivity contribution >= 4 is 26.8 Å². The lowest BCUT2D eigenvalue weighted by atomic mass is 9.97. The standard InChI is InChI=1S/C20H29N3O3S/c1-15(2)6-10-21-20(24)16-8-12-23(13-9-16)27(25,26)18-4-5-19-17(14-18)7-11-22(19)3/h4-5,7,11,14-16H,6,8-10,12-13H2,1-3H3,(H,21,24). The molecule has 27 heavy (non-hydrogen) atoms. The lowest BCUT2D eigenvalue weighted by molar-refractivity contribution is -0.126. The molecule has 0 radical (unpaired) electrons. The first-order valence-corrected chi connectivity index (χ1v) is 11.1. The van der Waals surface area contributed by atoms with Crippen LogP contribution in [0.15, 0.2) is 35.4 Å². The predicted molar refractivity (Wildman–Crippen MR) is 107 cm³/mol.